The molecule has 1 fully saturated rings. The smallest absolute Gasteiger partial charge is 0.225 e. The summed E-state index contributed by atoms with van der Waals surface area (Å²) in [5.74, 6) is -0.173. The third-order valence-corrected chi connectivity index (χ3v) is 5.52. The average molecular weight is 361 g/mol. The van der Waals surface area contributed by atoms with Gasteiger partial charge in [-0.2, -0.15) is 0 Å². The van der Waals surface area contributed by atoms with Gasteiger partial charge in [-0.25, -0.2) is 8.42 Å². The van der Waals surface area contributed by atoms with E-state index >= 15 is 0 Å². The second kappa shape index (κ2) is 7.64. The molecule has 0 aliphatic heterocycles. The highest BCUT2D eigenvalue weighted by atomic mass is 35.5. The number of halogens is 1. The summed E-state index contributed by atoms with van der Waals surface area (Å²) in [5, 5.41) is 2.91. The quantitative estimate of drug-likeness (QED) is 0.859. The molecule has 1 aliphatic carbocycles. The van der Waals surface area contributed by atoms with Gasteiger partial charge in [0.25, 0.3) is 0 Å². The van der Waals surface area contributed by atoms with Crippen molar-refractivity contribution in [2.75, 3.05) is 6.26 Å². The fourth-order valence-corrected chi connectivity index (χ4v) is 3.59. The molecule has 0 saturated heterocycles. The number of hydrogen-bond acceptors (Lipinski definition) is 4. The van der Waals surface area contributed by atoms with Gasteiger partial charge in [0.05, 0.1) is 10.8 Å². The van der Waals surface area contributed by atoms with Crippen LogP contribution in [0.15, 0.2) is 29.2 Å². The second-order valence-electron chi connectivity index (χ2n) is 6.44. The lowest BCUT2D eigenvalue weighted by molar-refractivity contribution is -0.128. The van der Waals surface area contributed by atoms with Crippen LogP contribution >= 0.6 is 12.4 Å². The predicted octanol–water partition coefficient (Wildman–Crippen LogP) is 2.04. The van der Waals surface area contributed by atoms with Crippen molar-refractivity contribution in [3.05, 3.63) is 29.8 Å². The maximum atomic E-state index is 12.3. The fraction of sp³-hybridized carbons (Fsp3) is 0.562. The van der Waals surface area contributed by atoms with Crippen molar-refractivity contribution in [3.8, 4) is 0 Å². The van der Waals surface area contributed by atoms with Crippen LogP contribution in [0, 0.1) is 5.92 Å². The van der Waals surface area contributed by atoms with Crippen molar-refractivity contribution in [1.29, 1.82) is 0 Å². The van der Waals surface area contributed by atoms with E-state index in [1.54, 1.807) is 24.3 Å². The number of sulfone groups is 1. The molecule has 1 aromatic carbocycles. The maximum Gasteiger partial charge on any atom is 0.225 e. The standard InChI is InChI=1S/C16H24N2O3S.ClH/c1-16(17)10-4-3-5-14(16)15(19)18-11-12-6-8-13(9-7-12)22(2,20)21;/h6-9,14H,3-5,10-11,17H2,1-2H3,(H,18,19);1H. The number of nitrogens with two attached hydrogens (primary N) is 1. The highest BCUT2D eigenvalue weighted by molar-refractivity contribution is 7.90. The van der Waals surface area contributed by atoms with E-state index in [0.29, 0.717) is 6.54 Å². The SMILES string of the molecule is CC1(N)CCCCC1C(=O)NCc1ccc(S(C)(=O)=O)cc1.Cl. The van der Waals surface area contributed by atoms with Gasteiger partial charge in [0.1, 0.15) is 0 Å². The normalized spacial score (nSPS) is 24.6. The molecule has 0 heterocycles. The highest BCUT2D eigenvalue weighted by Crippen LogP contribution is 2.31. The molecule has 7 heteroatoms. The molecule has 0 bridgehead atoms. The molecule has 2 unspecified atom stereocenters. The second-order valence-corrected chi connectivity index (χ2v) is 8.45. The first-order valence-corrected chi connectivity index (χ1v) is 9.45. The zero-order valence-corrected chi connectivity index (χ0v) is 15.2. The zero-order chi connectivity index (χ0) is 16.4. The number of amides is 1. The van der Waals surface area contributed by atoms with Gasteiger partial charge in [-0.15, -0.1) is 12.4 Å². The predicted molar refractivity (Wildman–Crippen MR) is 93.2 cm³/mol. The molecule has 2 rings (SSSR count). The summed E-state index contributed by atoms with van der Waals surface area (Å²) in [6, 6.07) is 6.56. The Morgan fingerprint density at radius 1 is 1.30 bits per heavy atom. The largest absolute Gasteiger partial charge is 0.352 e. The van der Waals surface area contributed by atoms with Crippen molar-refractivity contribution in [2.45, 2.75) is 49.6 Å². The number of carbonyl (C=O) groups excluding carboxylic acids is 1. The Hall–Kier alpha value is -1.11. The number of hydrogen-bond donors (Lipinski definition) is 2. The number of carbonyl (C=O) groups is 1. The van der Waals surface area contributed by atoms with Gasteiger partial charge >= 0.3 is 0 Å². The van der Waals surface area contributed by atoms with E-state index < -0.39 is 15.4 Å². The molecule has 1 saturated carbocycles. The Morgan fingerprint density at radius 3 is 2.43 bits per heavy atom. The van der Waals surface area contributed by atoms with Crippen LogP contribution in [-0.2, 0) is 21.2 Å². The molecule has 1 aromatic rings. The van der Waals surface area contributed by atoms with Crippen LogP contribution < -0.4 is 11.1 Å². The minimum atomic E-state index is -3.19. The highest BCUT2D eigenvalue weighted by Gasteiger charge is 2.37. The van der Waals surface area contributed by atoms with Gasteiger partial charge in [-0.05, 0) is 37.5 Å². The zero-order valence-electron chi connectivity index (χ0n) is 13.5. The lowest BCUT2D eigenvalue weighted by atomic mass is 9.74. The topological polar surface area (TPSA) is 89.3 Å². The van der Waals surface area contributed by atoms with E-state index in [1.807, 2.05) is 6.92 Å². The molecule has 0 radical (unpaired) electrons. The van der Waals surface area contributed by atoms with Crippen molar-refractivity contribution >= 4 is 28.2 Å². The minimum Gasteiger partial charge on any atom is -0.352 e. The van der Waals surface area contributed by atoms with Gasteiger partial charge in [0.15, 0.2) is 9.84 Å². The summed E-state index contributed by atoms with van der Waals surface area (Å²) in [6.07, 6.45) is 4.98. The van der Waals surface area contributed by atoms with Crippen LogP contribution in [0.25, 0.3) is 0 Å². The van der Waals surface area contributed by atoms with Crippen LogP contribution in [0.4, 0.5) is 0 Å². The Kier molecular flexibility index (Phi) is 6.62. The molecule has 0 spiro atoms. The molecule has 23 heavy (non-hydrogen) atoms. The summed E-state index contributed by atoms with van der Waals surface area (Å²) in [5.41, 5.74) is 6.66. The molecule has 1 amide bonds. The third kappa shape index (κ3) is 5.19. The summed E-state index contributed by atoms with van der Waals surface area (Å²) >= 11 is 0. The van der Waals surface area contributed by atoms with Crippen LogP contribution in [0.5, 0.6) is 0 Å². The number of rotatable bonds is 4. The van der Waals surface area contributed by atoms with Gasteiger partial charge in [-0.3, -0.25) is 4.79 Å². The van der Waals surface area contributed by atoms with E-state index in [1.165, 1.54) is 6.26 Å². The van der Waals surface area contributed by atoms with Crippen LogP contribution in [0.1, 0.15) is 38.2 Å². The molecule has 130 valence electrons. The first kappa shape index (κ1) is 19.9. The molecular weight excluding hydrogens is 336 g/mol. The van der Waals surface area contributed by atoms with Gasteiger partial charge in [0.2, 0.25) is 5.91 Å². The monoisotopic (exact) mass is 360 g/mol. The number of benzene rings is 1. The average Bonchev–Trinajstić information content (AvgIpc) is 2.44. The molecule has 0 aromatic heterocycles. The minimum absolute atomic E-state index is 0. The summed E-state index contributed by atoms with van der Waals surface area (Å²) in [6.45, 7) is 2.33. The molecule has 1 aliphatic rings. The van der Waals surface area contributed by atoms with Crippen molar-refractivity contribution < 1.29 is 13.2 Å². The van der Waals surface area contributed by atoms with E-state index in [-0.39, 0.29) is 29.1 Å². The van der Waals surface area contributed by atoms with Crippen LogP contribution in [0.3, 0.4) is 0 Å². The lowest BCUT2D eigenvalue weighted by Gasteiger charge is -2.37. The first-order chi connectivity index (χ1) is 10.2. The van der Waals surface area contributed by atoms with Gasteiger partial charge in [-0.1, -0.05) is 25.0 Å². The molecule has 3 N–H and O–H groups in total. The first-order valence-electron chi connectivity index (χ1n) is 7.56. The van der Waals surface area contributed by atoms with E-state index in [2.05, 4.69) is 5.32 Å². The molecule has 5 nitrogen and oxygen atoms in total. The van der Waals surface area contributed by atoms with E-state index in [4.69, 9.17) is 5.73 Å². The van der Waals surface area contributed by atoms with Crippen molar-refractivity contribution in [3.63, 3.8) is 0 Å². The summed E-state index contributed by atoms with van der Waals surface area (Å²) in [7, 11) is -3.19. The Morgan fingerprint density at radius 2 is 1.91 bits per heavy atom. The van der Waals surface area contributed by atoms with E-state index in [0.717, 1.165) is 31.2 Å². The van der Waals surface area contributed by atoms with Crippen LogP contribution in [-0.4, -0.2) is 26.1 Å². The summed E-state index contributed by atoms with van der Waals surface area (Å²) in [4.78, 5) is 12.6. The third-order valence-electron chi connectivity index (χ3n) is 4.39. The number of nitrogens with one attached hydrogen (secondary N) is 1. The van der Waals surface area contributed by atoms with Crippen molar-refractivity contribution in [2.24, 2.45) is 11.7 Å². The molecular formula is C16H25ClN2O3S. The van der Waals surface area contributed by atoms with Crippen molar-refractivity contribution in [1.82, 2.24) is 5.32 Å². The Bertz CT molecular complexity index is 642. The van der Waals surface area contributed by atoms with E-state index in [9.17, 15) is 13.2 Å². The van der Waals surface area contributed by atoms with Crippen LogP contribution in [0.2, 0.25) is 0 Å². The Balaban J connectivity index is 0.00000264. The van der Waals surface area contributed by atoms with Gasteiger partial charge in [0, 0.05) is 18.3 Å². The van der Waals surface area contributed by atoms with Gasteiger partial charge < -0.3 is 11.1 Å². The summed E-state index contributed by atoms with van der Waals surface area (Å²) < 4.78 is 22.8. The fourth-order valence-electron chi connectivity index (χ4n) is 2.96. The lowest BCUT2D eigenvalue weighted by Crippen LogP contribution is -2.52. The molecule has 2 atom stereocenters. The maximum absolute atomic E-state index is 12.3. The Labute approximate surface area is 144 Å².